The van der Waals surface area contributed by atoms with Crippen molar-refractivity contribution >= 4 is 17.5 Å². The maximum absolute atomic E-state index is 11.4. The molecule has 0 bridgehead atoms. The van der Waals surface area contributed by atoms with Gasteiger partial charge in [-0.25, -0.2) is 10.5 Å². The van der Waals surface area contributed by atoms with Crippen molar-refractivity contribution in [3.8, 4) is 5.75 Å². The number of carbonyl (C=O) groups is 1. The number of halogens is 1. The molecule has 21 heavy (non-hydrogen) atoms. The minimum absolute atomic E-state index is 0.0682. The molecule has 0 saturated heterocycles. The van der Waals surface area contributed by atoms with Gasteiger partial charge in [0, 0.05) is 6.20 Å². The van der Waals surface area contributed by atoms with Crippen LogP contribution < -0.4 is 16.0 Å². The number of amides is 1. The Kier molecular flexibility index (Phi) is 4.82. The zero-order chi connectivity index (χ0) is 15.4. The average molecular weight is 309 g/mol. The van der Waals surface area contributed by atoms with E-state index >= 15 is 0 Å². The van der Waals surface area contributed by atoms with E-state index in [0.29, 0.717) is 5.92 Å². The molecule has 2 rings (SSSR count). The average Bonchev–Trinajstić information content (AvgIpc) is 2.85. The molecule has 1 amide bonds. The third kappa shape index (κ3) is 3.74. The first kappa shape index (κ1) is 15.3. The van der Waals surface area contributed by atoms with Crippen molar-refractivity contribution < 1.29 is 9.53 Å². The zero-order valence-electron chi connectivity index (χ0n) is 11.8. The SMILES string of the molecule is CC(C)c1cccc(OCn2cc(Cl)c(C(=O)NN)n2)c1. The molecule has 0 aliphatic carbocycles. The number of rotatable bonds is 5. The molecular weight excluding hydrogens is 292 g/mol. The summed E-state index contributed by atoms with van der Waals surface area (Å²) in [6.45, 7) is 4.38. The van der Waals surface area contributed by atoms with Gasteiger partial charge in [0.05, 0.1) is 5.02 Å². The van der Waals surface area contributed by atoms with E-state index in [9.17, 15) is 4.79 Å². The molecule has 2 aromatic rings. The van der Waals surface area contributed by atoms with Crippen molar-refractivity contribution in [1.82, 2.24) is 15.2 Å². The van der Waals surface area contributed by atoms with Crippen LogP contribution in [0, 0.1) is 0 Å². The van der Waals surface area contributed by atoms with E-state index < -0.39 is 5.91 Å². The molecule has 3 N–H and O–H groups in total. The lowest BCUT2D eigenvalue weighted by Gasteiger charge is -2.09. The van der Waals surface area contributed by atoms with Gasteiger partial charge in [0.2, 0.25) is 0 Å². The van der Waals surface area contributed by atoms with Gasteiger partial charge in [-0.2, -0.15) is 5.10 Å². The van der Waals surface area contributed by atoms with E-state index in [1.807, 2.05) is 29.7 Å². The van der Waals surface area contributed by atoms with Crippen molar-refractivity contribution in [3.05, 3.63) is 46.7 Å². The minimum Gasteiger partial charge on any atom is -0.471 e. The highest BCUT2D eigenvalue weighted by Crippen LogP contribution is 2.20. The number of hydrogen-bond donors (Lipinski definition) is 2. The fourth-order valence-corrected chi connectivity index (χ4v) is 2.03. The highest BCUT2D eigenvalue weighted by Gasteiger charge is 2.14. The summed E-state index contributed by atoms with van der Waals surface area (Å²) >= 11 is 5.91. The Morgan fingerprint density at radius 2 is 2.29 bits per heavy atom. The molecule has 0 fully saturated rings. The lowest BCUT2D eigenvalue weighted by atomic mass is 10.0. The van der Waals surface area contributed by atoms with Crippen LogP contribution in [0.2, 0.25) is 5.02 Å². The second-order valence-electron chi connectivity index (χ2n) is 4.84. The molecule has 0 unspecified atom stereocenters. The van der Waals surface area contributed by atoms with Crippen LogP contribution in [0.15, 0.2) is 30.5 Å². The molecule has 0 radical (unpaired) electrons. The third-order valence-electron chi connectivity index (χ3n) is 2.95. The number of benzene rings is 1. The molecule has 0 aliphatic heterocycles. The Morgan fingerprint density at radius 3 is 2.95 bits per heavy atom. The lowest BCUT2D eigenvalue weighted by Crippen LogP contribution is -2.30. The number of hydrazine groups is 1. The number of nitrogen functional groups attached to an aromatic ring is 1. The minimum atomic E-state index is -0.541. The van der Waals surface area contributed by atoms with Crippen molar-refractivity contribution in [2.24, 2.45) is 5.84 Å². The van der Waals surface area contributed by atoms with Gasteiger partial charge in [0.1, 0.15) is 5.75 Å². The smallest absolute Gasteiger partial charge is 0.287 e. The van der Waals surface area contributed by atoms with Crippen LogP contribution in [0.4, 0.5) is 0 Å². The van der Waals surface area contributed by atoms with Crippen LogP contribution in [0.25, 0.3) is 0 Å². The molecular formula is C14H17ClN4O2. The fraction of sp³-hybridized carbons (Fsp3) is 0.286. The molecule has 112 valence electrons. The van der Waals surface area contributed by atoms with Crippen LogP contribution in [0.5, 0.6) is 5.75 Å². The van der Waals surface area contributed by atoms with Crippen LogP contribution in [0.1, 0.15) is 35.8 Å². The Balaban J connectivity index is 2.06. The Hall–Kier alpha value is -2.05. The van der Waals surface area contributed by atoms with E-state index in [4.69, 9.17) is 22.2 Å². The molecule has 1 aromatic carbocycles. The third-order valence-corrected chi connectivity index (χ3v) is 3.23. The van der Waals surface area contributed by atoms with Gasteiger partial charge < -0.3 is 4.74 Å². The molecule has 0 aliphatic rings. The predicted molar refractivity (Wildman–Crippen MR) is 80.0 cm³/mol. The first-order chi connectivity index (χ1) is 10.0. The maximum atomic E-state index is 11.4. The molecule has 6 nitrogen and oxygen atoms in total. The summed E-state index contributed by atoms with van der Waals surface area (Å²) in [5, 5.41) is 4.24. The quantitative estimate of drug-likeness (QED) is 0.504. The van der Waals surface area contributed by atoms with Gasteiger partial charge in [0.25, 0.3) is 5.91 Å². The monoisotopic (exact) mass is 308 g/mol. The van der Waals surface area contributed by atoms with E-state index in [-0.39, 0.29) is 17.4 Å². The highest BCUT2D eigenvalue weighted by atomic mass is 35.5. The summed E-state index contributed by atoms with van der Waals surface area (Å²) < 4.78 is 7.08. The van der Waals surface area contributed by atoms with Gasteiger partial charge in [0.15, 0.2) is 12.4 Å². The number of hydrogen-bond acceptors (Lipinski definition) is 4. The summed E-state index contributed by atoms with van der Waals surface area (Å²) in [5.41, 5.74) is 3.25. The first-order valence-electron chi connectivity index (χ1n) is 6.48. The summed E-state index contributed by atoms with van der Waals surface area (Å²) in [7, 11) is 0. The zero-order valence-corrected chi connectivity index (χ0v) is 12.6. The van der Waals surface area contributed by atoms with Gasteiger partial charge in [-0.1, -0.05) is 37.6 Å². The van der Waals surface area contributed by atoms with Gasteiger partial charge in [-0.3, -0.25) is 10.2 Å². The Labute approximate surface area is 127 Å². The summed E-state index contributed by atoms with van der Waals surface area (Å²) in [5.74, 6) is 5.67. The molecule has 1 aromatic heterocycles. The van der Waals surface area contributed by atoms with Gasteiger partial charge in [-0.15, -0.1) is 0 Å². The number of nitrogens with one attached hydrogen (secondary N) is 1. The van der Waals surface area contributed by atoms with E-state index in [0.717, 1.165) is 5.75 Å². The fourth-order valence-electron chi connectivity index (χ4n) is 1.79. The maximum Gasteiger partial charge on any atom is 0.287 e. The van der Waals surface area contributed by atoms with Crippen LogP contribution in [-0.4, -0.2) is 15.7 Å². The molecule has 1 heterocycles. The second kappa shape index (κ2) is 6.60. The second-order valence-corrected chi connectivity index (χ2v) is 5.25. The largest absolute Gasteiger partial charge is 0.471 e. The Bertz CT molecular complexity index is 640. The molecule has 0 saturated carbocycles. The molecule has 7 heteroatoms. The molecule has 0 atom stereocenters. The lowest BCUT2D eigenvalue weighted by molar-refractivity contribution is 0.0946. The number of carbonyl (C=O) groups excluding carboxylic acids is 1. The summed E-state index contributed by atoms with van der Waals surface area (Å²) in [6.07, 6.45) is 1.51. The van der Waals surface area contributed by atoms with Crippen molar-refractivity contribution in [2.45, 2.75) is 26.5 Å². The van der Waals surface area contributed by atoms with Crippen molar-refractivity contribution in [1.29, 1.82) is 0 Å². The first-order valence-corrected chi connectivity index (χ1v) is 6.85. The molecule has 0 spiro atoms. The van der Waals surface area contributed by atoms with Crippen molar-refractivity contribution in [3.63, 3.8) is 0 Å². The number of aromatic nitrogens is 2. The van der Waals surface area contributed by atoms with Gasteiger partial charge in [-0.05, 0) is 23.6 Å². The van der Waals surface area contributed by atoms with Crippen LogP contribution >= 0.6 is 11.6 Å². The Morgan fingerprint density at radius 1 is 1.52 bits per heavy atom. The number of nitrogens with two attached hydrogens (primary N) is 1. The van der Waals surface area contributed by atoms with E-state index in [2.05, 4.69) is 18.9 Å². The topological polar surface area (TPSA) is 82.2 Å². The predicted octanol–water partition coefficient (Wildman–Crippen LogP) is 2.30. The van der Waals surface area contributed by atoms with E-state index in [1.165, 1.54) is 16.4 Å². The van der Waals surface area contributed by atoms with Crippen LogP contribution in [-0.2, 0) is 6.73 Å². The van der Waals surface area contributed by atoms with Crippen molar-refractivity contribution in [2.75, 3.05) is 0 Å². The van der Waals surface area contributed by atoms with E-state index in [1.54, 1.807) is 0 Å². The summed E-state index contributed by atoms with van der Waals surface area (Å²) in [4.78, 5) is 11.4. The van der Waals surface area contributed by atoms with Crippen LogP contribution in [0.3, 0.4) is 0 Å². The van der Waals surface area contributed by atoms with Gasteiger partial charge >= 0.3 is 0 Å². The number of nitrogens with zero attached hydrogens (tertiary/aromatic N) is 2. The normalized spacial score (nSPS) is 10.7. The summed E-state index contributed by atoms with van der Waals surface area (Å²) in [6, 6.07) is 7.83. The highest BCUT2D eigenvalue weighted by molar-refractivity contribution is 6.33. The standard InChI is InChI=1S/C14H17ClN4O2/c1-9(2)10-4-3-5-11(6-10)21-8-19-7-12(15)13(18-19)14(20)17-16/h3-7,9H,8,16H2,1-2H3,(H,17,20). The number of ether oxygens (including phenoxy) is 1.